The summed E-state index contributed by atoms with van der Waals surface area (Å²) >= 11 is 0. The maximum Gasteiger partial charge on any atom is 0.234 e. The van der Waals surface area contributed by atoms with Crippen molar-refractivity contribution in [2.75, 3.05) is 19.6 Å². The van der Waals surface area contributed by atoms with Gasteiger partial charge < -0.3 is 11.1 Å². The van der Waals surface area contributed by atoms with Crippen molar-refractivity contribution in [3.05, 3.63) is 0 Å². The van der Waals surface area contributed by atoms with E-state index in [1.54, 1.807) is 0 Å². The van der Waals surface area contributed by atoms with E-state index in [4.69, 9.17) is 5.73 Å². The molecule has 3 N–H and O–H groups in total. The Kier molecular flexibility index (Phi) is 7.52. The molecule has 1 rings (SSSR count). The van der Waals surface area contributed by atoms with Crippen LogP contribution in [0.4, 0.5) is 0 Å². The minimum atomic E-state index is 0.159. The molecule has 0 bridgehead atoms. The maximum absolute atomic E-state index is 12.1. The topological polar surface area (TPSA) is 58.4 Å². The highest BCUT2D eigenvalue weighted by atomic mass is 16.2. The largest absolute Gasteiger partial charge is 0.353 e. The van der Waals surface area contributed by atoms with Crippen LogP contribution < -0.4 is 11.1 Å². The lowest BCUT2D eigenvalue weighted by Gasteiger charge is -2.22. The average molecular weight is 283 g/mol. The molecule has 3 atom stereocenters. The van der Waals surface area contributed by atoms with Crippen molar-refractivity contribution in [3.8, 4) is 0 Å². The van der Waals surface area contributed by atoms with Gasteiger partial charge in [0.1, 0.15) is 0 Å². The Morgan fingerprint density at radius 3 is 2.60 bits per heavy atom. The number of hydrogen-bond donors (Lipinski definition) is 2. The lowest BCUT2D eigenvalue weighted by molar-refractivity contribution is -0.123. The summed E-state index contributed by atoms with van der Waals surface area (Å²) in [5.41, 5.74) is 5.72. The van der Waals surface area contributed by atoms with Crippen molar-refractivity contribution in [3.63, 3.8) is 0 Å². The molecule has 0 aliphatic carbocycles. The molecule has 0 saturated carbocycles. The van der Waals surface area contributed by atoms with Crippen LogP contribution in [0.15, 0.2) is 0 Å². The third-order valence-corrected chi connectivity index (χ3v) is 4.30. The molecule has 3 unspecified atom stereocenters. The van der Waals surface area contributed by atoms with Crippen LogP contribution >= 0.6 is 0 Å². The van der Waals surface area contributed by atoms with Gasteiger partial charge in [-0.25, -0.2) is 0 Å². The Hall–Kier alpha value is -0.610. The fraction of sp³-hybridized carbons (Fsp3) is 0.938. The number of carbonyl (C=O) groups is 1. The Labute approximate surface area is 124 Å². The van der Waals surface area contributed by atoms with E-state index in [2.05, 4.69) is 37.9 Å². The van der Waals surface area contributed by atoms with Crippen LogP contribution in [0.2, 0.25) is 0 Å². The van der Waals surface area contributed by atoms with Gasteiger partial charge in [0, 0.05) is 18.6 Å². The number of likely N-dealkylation sites (tertiary alicyclic amines) is 1. The van der Waals surface area contributed by atoms with Crippen LogP contribution in [0.1, 0.15) is 53.4 Å². The average Bonchev–Trinajstić information content (AvgIpc) is 2.69. The van der Waals surface area contributed by atoms with Gasteiger partial charge >= 0.3 is 0 Å². The molecule has 1 saturated heterocycles. The van der Waals surface area contributed by atoms with Crippen molar-refractivity contribution < 1.29 is 4.79 Å². The fourth-order valence-electron chi connectivity index (χ4n) is 3.02. The first-order valence-corrected chi connectivity index (χ1v) is 8.15. The number of nitrogens with two attached hydrogens (primary N) is 1. The van der Waals surface area contributed by atoms with Gasteiger partial charge in [0.25, 0.3) is 0 Å². The minimum absolute atomic E-state index is 0.159. The first kappa shape index (κ1) is 17.4. The molecule has 0 aromatic rings. The minimum Gasteiger partial charge on any atom is -0.353 e. The lowest BCUT2D eigenvalue weighted by atomic mass is 10.0. The van der Waals surface area contributed by atoms with E-state index >= 15 is 0 Å². The monoisotopic (exact) mass is 283 g/mol. The van der Waals surface area contributed by atoms with Gasteiger partial charge in [0.2, 0.25) is 5.91 Å². The third kappa shape index (κ3) is 6.23. The zero-order valence-corrected chi connectivity index (χ0v) is 13.7. The molecule has 1 fully saturated rings. The number of hydrogen-bond acceptors (Lipinski definition) is 3. The summed E-state index contributed by atoms with van der Waals surface area (Å²) in [5, 5.41) is 3.12. The molecule has 0 radical (unpaired) electrons. The van der Waals surface area contributed by atoms with Gasteiger partial charge in [0.05, 0.1) is 6.54 Å². The standard InChI is InChI=1S/C16H33N3O/c1-12(2)6-5-7-13(3)18-16(20)11-19-10-15(9-17)8-14(19)4/h12-15H,5-11,17H2,1-4H3,(H,18,20). The Bertz CT molecular complexity index is 293. The number of carbonyl (C=O) groups excluding carboxylic acids is 1. The van der Waals surface area contributed by atoms with Crippen molar-refractivity contribution in [2.24, 2.45) is 17.6 Å². The highest BCUT2D eigenvalue weighted by molar-refractivity contribution is 5.78. The Morgan fingerprint density at radius 2 is 2.05 bits per heavy atom. The molecule has 4 nitrogen and oxygen atoms in total. The van der Waals surface area contributed by atoms with Crippen LogP contribution in [0.5, 0.6) is 0 Å². The number of nitrogens with one attached hydrogen (secondary N) is 1. The molecule has 4 heteroatoms. The van der Waals surface area contributed by atoms with E-state index in [1.165, 1.54) is 12.8 Å². The summed E-state index contributed by atoms with van der Waals surface area (Å²) in [7, 11) is 0. The molecule has 1 aliphatic rings. The summed E-state index contributed by atoms with van der Waals surface area (Å²) < 4.78 is 0. The van der Waals surface area contributed by atoms with E-state index < -0.39 is 0 Å². The van der Waals surface area contributed by atoms with Gasteiger partial charge in [0.15, 0.2) is 0 Å². The SMILES string of the molecule is CC(C)CCCC(C)NC(=O)CN1CC(CN)CC1C. The van der Waals surface area contributed by atoms with Gasteiger partial charge in [-0.2, -0.15) is 0 Å². The second kappa shape index (κ2) is 8.63. The van der Waals surface area contributed by atoms with Crippen LogP contribution in [0, 0.1) is 11.8 Å². The van der Waals surface area contributed by atoms with Gasteiger partial charge in [-0.3, -0.25) is 9.69 Å². The quantitative estimate of drug-likeness (QED) is 0.716. The predicted octanol–water partition coefficient (Wildman–Crippen LogP) is 1.99. The second-order valence-corrected chi connectivity index (χ2v) is 6.91. The van der Waals surface area contributed by atoms with Crippen molar-refractivity contribution in [1.29, 1.82) is 0 Å². The fourth-order valence-corrected chi connectivity index (χ4v) is 3.02. The maximum atomic E-state index is 12.1. The third-order valence-electron chi connectivity index (χ3n) is 4.30. The van der Waals surface area contributed by atoms with Crippen LogP contribution in [0.3, 0.4) is 0 Å². The molecule has 20 heavy (non-hydrogen) atoms. The highest BCUT2D eigenvalue weighted by Crippen LogP contribution is 2.21. The Balaban J connectivity index is 2.22. The molecule has 0 aromatic heterocycles. The zero-order chi connectivity index (χ0) is 15.1. The molecule has 118 valence electrons. The van der Waals surface area contributed by atoms with Crippen molar-refractivity contribution >= 4 is 5.91 Å². The van der Waals surface area contributed by atoms with E-state index in [0.29, 0.717) is 18.5 Å². The van der Waals surface area contributed by atoms with Crippen LogP contribution in [-0.2, 0) is 4.79 Å². The first-order chi connectivity index (χ1) is 9.42. The summed E-state index contributed by atoms with van der Waals surface area (Å²) in [4.78, 5) is 14.3. The van der Waals surface area contributed by atoms with Gasteiger partial charge in [-0.05, 0) is 45.1 Å². The Morgan fingerprint density at radius 1 is 1.35 bits per heavy atom. The van der Waals surface area contributed by atoms with Crippen molar-refractivity contribution in [1.82, 2.24) is 10.2 Å². The van der Waals surface area contributed by atoms with E-state index in [1.807, 2.05) is 0 Å². The summed E-state index contributed by atoms with van der Waals surface area (Å²) in [6.45, 7) is 11.0. The molecular formula is C16H33N3O. The summed E-state index contributed by atoms with van der Waals surface area (Å²) in [6.07, 6.45) is 4.62. The molecular weight excluding hydrogens is 250 g/mol. The molecule has 1 amide bonds. The summed E-state index contributed by atoms with van der Waals surface area (Å²) in [6, 6.07) is 0.759. The van der Waals surface area contributed by atoms with Gasteiger partial charge in [-0.1, -0.05) is 26.7 Å². The first-order valence-electron chi connectivity index (χ1n) is 8.15. The van der Waals surface area contributed by atoms with Crippen LogP contribution in [0.25, 0.3) is 0 Å². The van der Waals surface area contributed by atoms with E-state index in [-0.39, 0.29) is 11.9 Å². The molecule has 0 aromatic carbocycles. The smallest absolute Gasteiger partial charge is 0.234 e. The van der Waals surface area contributed by atoms with E-state index in [9.17, 15) is 4.79 Å². The molecule has 0 spiro atoms. The second-order valence-electron chi connectivity index (χ2n) is 6.91. The molecule has 1 aliphatic heterocycles. The predicted molar refractivity (Wildman–Crippen MR) is 84.5 cm³/mol. The van der Waals surface area contributed by atoms with E-state index in [0.717, 1.165) is 31.8 Å². The number of nitrogens with zero attached hydrogens (tertiary/aromatic N) is 1. The van der Waals surface area contributed by atoms with Gasteiger partial charge in [-0.15, -0.1) is 0 Å². The number of amides is 1. The normalized spacial score (nSPS) is 25.1. The zero-order valence-electron chi connectivity index (χ0n) is 13.7. The van der Waals surface area contributed by atoms with Crippen molar-refractivity contribution in [2.45, 2.75) is 65.5 Å². The highest BCUT2D eigenvalue weighted by Gasteiger charge is 2.29. The lowest BCUT2D eigenvalue weighted by Crippen LogP contribution is -2.42. The summed E-state index contributed by atoms with van der Waals surface area (Å²) in [5.74, 6) is 1.46. The number of rotatable bonds is 8. The molecule has 1 heterocycles. The van der Waals surface area contributed by atoms with Crippen LogP contribution in [-0.4, -0.2) is 42.5 Å².